The van der Waals surface area contributed by atoms with Gasteiger partial charge in [0.05, 0.1) is 12.1 Å². The molecule has 0 atom stereocenters. The number of hydrogen-bond acceptors (Lipinski definition) is 5. The Balaban J connectivity index is 0.00000176. The van der Waals surface area contributed by atoms with E-state index in [4.69, 9.17) is 4.74 Å². The van der Waals surface area contributed by atoms with E-state index in [9.17, 15) is 0 Å². The lowest BCUT2D eigenvalue weighted by Gasteiger charge is -2.22. The summed E-state index contributed by atoms with van der Waals surface area (Å²) in [6, 6.07) is 6.62. The molecule has 0 amide bonds. The van der Waals surface area contributed by atoms with E-state index < -0.39 is 0 Å². The van der Waals surface area contributed by atoms with Crippen molar-refractivity contribution in [2.45, 2.75) is 19.5 Å². The quantitative estimate of drug-likeness (QED) is 0.840. The molecule has 22 heavy (non-hydrogen) atoms. The lowest BCUT2D eigenvalue weighted by atomic mass is 10.1. The average molecular weight is 340 g/mol. The molecule has 1 aromatic heterocycles. The van der Waals surface area contributed by atoms with Crippen molar-refractivity contribution in [2.75, 3.05) is 32.1 Å². The molecule has 0 bridgehead atoms. The SMILES string of the molecule is COCCN(Cc1cncs1)Cc1cccc2c1NCC2.Cl. The number of hydrogen-bond donors (Lipinski definition) is 1. The van der Waals surface area contributed by atoms with Crippen LogP contribution in [0.4, 0.5) is 5.69 Å². The fourth-order valence-corrected chi connectivity index (χ4v) is 3.39. The molecule has 0 aliphatic carbocycles. The fraction of sp³-hybridized carbons (Fsp3) is 0.438. The van der Waals surface area contributed by atoms with Gasteiger partial charge in [0.1, 0.15) is 0 Å². The van der Waals surface area contributed by atoms with E-state index >= 15 is 0 Å². The normalized spacial score (nSPS) is 12.8. The molecule has 1 aromatic carbocycles. The van der Waals surface area contributed by atoms with E-state index in [1.54, 1.807) is 18.4 Å². The van der Waals surface area contributed by atoms with Crippen molar-refractivity contribution in [3.63, 3.8) is 0 Å². The Morgan fingerprint density at radius 3 is 3.05 bits per heavy atom. The lowest BCUT2D eigenvalue weighted by Crippen LogP contribution is -2.26. The number of methoxy groups -OCH3 is 1. The first-order valence-corrected chi connectivity index (χ1v) is 8.18. The largest absolute Gasteiger partial charge is 0.384 e. The van der Waals surface area contributed by atoms with E-state index in [0.717, 1.165) is 39.2 Å². The molecule has 1 N–H and O–H groups in total. The summed E-state index contributed by atoms with van der Waals surface area (Å²) in [5.74, 6) is 0. The van der Waals surface area contributed by atoms with Gasteiger partial charge in [-0.3, -0.25) is 9.88 Å². The van der Waals surface area contributed by atoms with Crippen molar-refractivity contribution < 1.29 is 4.74 Å². The molecule has 1 aliphatic rings. The van der Waals surface area contributed by atoms with Crippen LogP contribution in [0.25, 0.3) is 0 Å². The highest BCUT2D eigenvalue weighted by atomic mass is 35.5. The van der Waals surface area contributed by atoms with Gasteiger partial charge in [0.15, 0.2) is 0 Å². The van der Waals surface area contributed by atoms with Gasteiger partial charge in [0, 0.05) is 50.1 Å². The minimum absolute atomic E-state index is 0. The van der Waals surface area contributed by atoms with Gasteiger partial charge in [0.25, 0.3) is 0 Å². The zero-order chi connectivity index (χ0) is 14.5. The summed E-state index contributed by atoms with van der Waals surface area (Å²) in [6.07, 6.45) is 3.09. The predicted octanol–water partition coefficient (Wildman–Crippen LogP) is 3.18. The minimum Gasteiger partial charge on any atom is -0.384 e. The molecule has 0 fully saturated rings. The molecule has 0 unspecified atom stereocenters. The highest BCUT2D eigenvalue weighted by Crippen LogP contribution is 2.27. The third-order valence-corrected chi connectivity index (χ3v) is 4.57. The van der Waals surface area contributed by atoms with E-state index in [2.05, 4.69) is 33.4 Å². The second-order valence-corrected chi connectivity index (χ2v) is 6.27. The van der Waals surface area contributed by atoms with Crippen LogP contribution in [0.5, 0.6) is 0 Å². The van der Waals surface area contributed by atoms with Crippen LogP contribution in [0.1, 0.15) is 16.0 Å². The molecule has 120 valence electrons. The molecule has 2 heterocycles. The van der Waals surface area contributed by atoms with Crippen LogP contribution in [0.15, 0.2) is 29.9 Å². The minimum atomic E-state index is 0. The third kappa shape index (κ3) is 4.20. The molecular weight excluding hydrogens is 318 g/mol. The maximum absolute atomic E-state index is 5.25. The second kappa shape index (κ2) is 8.48. The first-order valence-electron chi connectivity index (χ1n) is 7.30. The maximum Gasteiger partial charge on any atom is 0.0794 e. The van der Waals surface area contributed by atoms with Gasteiger partial charge in [-0.2, -0.15) is 0 Å². The van der Waals surface area contributed by atoms with Crippen molar-refractivity contribution >= 4 is 29.4 Å². The topological polar surface area (TPSA) is 37.4 Å². The lowest BCUT2D eigenvalue weighted by molar-refractivity contribution is 0.141. The Hall–Kier alpha value is -1.14. The van der Waals surface area contributed by atoms with Crippen molar-refractivity contribution in [1.29, 1.82) is 0 Å². The summed E-state index contributed by atoms with van der Waals surface area (Å²) in [5.41, 5.74) is 6.05. The molecule has 1 aliphatic heterocycles. The summed E-state index contributed by atoms with van der Waals surface area (Å²) < 4.78 is 5.25. The Kier molecular flexibility index (Phi) is 6.64. The van der Waals surface area contributed by atoms with Crippen molar-refractivity contribution in [1.82, 2.24) is 9.88 Å². The van der Waals surface area contributed by atoms with E-state index in [-0.39, 0.29) is 12.4 Å². The van der Waals surface area contributed by atoms with Crippen LogP contribution in [-0.2, 0) is 24.2 Å². The zero-order valence-electron chi connectivity index (χ0n) is 12.7. The standard InChI is InChI=1S/C16H21N3OS.ClH/c1-20-8-7-19(11-15-9-17-12-21-15)10-14-4-2-3-13-5-6-18-16(13)14;/h2-4,9,12,18H,5-8,10-11H2,1H3;1H. The first kappa shape index (κ1) is 17.2. The van der Waals surface area contributed by atoms with E-state index in [1.165, 1.54) is 21.7 Å². The third-order valence-electron chi connectivity index (χ3n) is 3.80. The van der Waals surface area contributed by atoms with Crippen LogP contribution in [0.3, 0.4) is 0 Å². The number of aromatic nitrogens is 1. The summed E-state index contributed by atoms with van der Waals surface area (Å²) in [7, 11) is 1.76. The first-order chi connectivity index (χ1) is 10.4. The highest BCUT2D eigenvalue weighted by Gasteiger charge is 2.16. The molecule has 0 saturated heterocycles. The molecule has 4 nitrogen and oxygen atoms in total. The van der Waals surface area contributed by atoms with Gasteiger partial charge < -0.3 is 10.1 Å². The van der Waals surface area contributed by atoms with E-state index in [0.29, 0.717) is 0 Å². The molecule has 0 radical (unpaired) electrons. The molecule has 0 saturated carbocycles. The van der Waals surface area contributed by atoms with Crippen molar-refractivity contribution in [3.05, 3.63) is 45.9 Å². The molecule has 2 aromatic rings. The summed E-state index contributed by atoms with van der Waals surface area (Å²) in [5, 5.41) is 3.52. The van der Waals surface area contributed by atoms with E-state index in [1.807, 2.05) is 11.7 Å². The second-order valence-electron chi connectivity index (χ2n) is 5.30. The zero-order valence-corrected chi connectivity index (χ0v) is 14.4. The molecule has 3 rings (SSSR count). The molecule has 6 heteroatoms. The highest BCUT2D eigenvalue weighted by molar-refractivity contribution is 7.09. The number of para-hydroxylation sites is 1. The van der Waals surface area contributed by atoms with Gasteiger partial charge in [-0.15, -0.1) is 23.7 Å². The van der Waals surface area contributed by atoms with Crippen LogP contribution >= 0.6 is 23.7 Å². The number of rotatable bonds is 7. The average Bonchev–Trinajstić information content (AvgIpc) is 3.16. The summed E-state index contributed by atoms with van der Waals surface area (Å²) in [6.45, 7) is 4.60. The van der Waals surface area contributed by atoms with Gasteiger partial charge in [0.2, 0.25) is 0 Å². The predicted molar refractivity (Wildman–Crippen MR) is 94.0 cm³/mol. The molecular formula is C16H22ClN3OS. The Bertz CT molecular complexity index is 577. The monoisotopic (exact) mass is 339 g/mol. The number of anilines is 1. The number of halogens is 1. The Morgan fingerprint density at radius 2 is 2.27 bits per heavy atom. The van der Waals surface area contributed by atoms with Gasteiger partial charge in [-0.05, 0) is 17.5 Å². The number of fused-ring (bicyclic) bond motifs is 1. The smallest absolute Gasteiger partial charge is 0.0794 e. The number of thiazole rings is 1. The van der Waals surface area contributed by atoms with Crippen molar-refractivity contribution in [2.24, 2.45) is 0 Å². The van der Waals surface area contributed by atoms with Crippen molar-refractivity contribution in [3.8, 4) is 0 Å². The maximum atomic E-state index is 5.25. The van der Waals surface area contributed by atoms with Crippen LogP contribution in [0, 0.1) is 0 Å². The van der Waals surface area contributed by atoms with Crippen LogP contribution in [-0.4, -0.2) is 36.7 Å². The Labute approximate surface area is 141 Å². The molecule has 0 spiro atoms. The summed E-state index contributed by atoms with van der Waals surface area (Å²) in [4.78, 5) is 7.89. The summed E-state index contributed by atoms with van der Waals surface area (Å²) >= 11 is 1.71. The number of nitrogens with one attached hydrogen (secondary N) is 1. The number of nitrogens with zero attached hydrogens (tertiary/aromatic N) is 2. The van der Waals surface area contributed by atoms with Gasteiger partial charge in [-0.25, -0.2) is 0 Å². The van der Waals surface area contributed by atoms with Gasteiger partial charge in [-0.1, -0.05) is 18.2 Å². The Morgan fingerprint density at radius 1 is 1.36 bits per heavy atom. The number of benzene rings is 1. The van der Waals surface area contributed by atoms with Crippen LogP contribution in [0.2, 0.25) is 0 Å². The fourth-order valence-electron chi connectivity index (χ4n) is 2.76. The number of ether oxygens (including phenoxy) is 1. The van der Waals surface area contributed by atoms with Gasteiger partial charge >= 0.3 is 0 Å². The van der Waals surface area contributed by atoms with Crippen LogP contribution < -0.4 is 5.32 Å².